The number of nitrogens with two attached hydrogens (primary N) is 4. The monoisotopic (exact) mass is 846 g/mol. The first kappa shape index (κ1) is 39.7. The SMILES string of the molecule is CSc1nccc(-c2cc(N)c(N)nc2-c2ccco2)n1.Nc1cc(-c2ccncn2)c(-c2ccco2)nc1N.O=c1[nH]c2cc(-c3ccncc3)c(-c3cccs3)nc2[nH]1. The number of nitrogen functional groups attached to an aromatic ring is 4. The molecule has 10 aromatic rings. The Balaban J connectivity index is 0.000000127. The molecule has 0 saturated carbocycles. The van der Waals surface area contributed by atoms with Crippen molar-refractivity contribution in [1.29, 1.82) is 0 Å². The lowest BCUT2D eigenvalue weighted by Gasteiger charge is -2.10. The van der Waals surface area contributed by atoms with Gasteiger partial charge in [-0.15, -0.1) is 11.3 Å². The van der Waals surface area contributed by atoms with Gasteiger partial charge in [0.1, 0.15) is 29.4 Å². The van der Waals surface area contributed by atoms with E-state index in [-0.39, 0.29) is 17.3 Å². The third-order valence-corrected chi connectivity index (χ3v) is 10.3. The Morgan fingerprint density at radius 3 is 1.89 bits per heavy atom. The van der Waals surface area contributed by atoms with Crippen LogP contribution in [-0.4, -0.2) is 56.1 Å². The number of hydrogen-bond donors (Lipinski definition) is 6. The third kappa shape index (κ3) is 8.82. The van der Waals surface area contributed by atoms with Crippen LogP contribution in [0.2, 0.25) is 0 Å². The maximum Gasteiger partial charge on any atom is 0.325 e. The summed E-state index contributed by atoms with van der Waals surface area (Å²) in [7, 11) is 0. The van der Waals surface area contributed by atoms with Crippen molar-refractivity contribution in [3.63, 3.8) is 0 Å². The summed E-state index contributed by atoms with van der Waals surface area (Å²) in [5.74, 6) is 1.76. The van der Waals surface area contributed by atoms with Gasteiger partial charge in [0, 0.05) is 41.5 Å². The van der Waals surface area contributed by atoms with Gasteiger partial charge in [0.2, 0.25) is 0 Å². The Hall–Kier alpha value is -8.16. The zero-order valence-corrected chi connectivity index (χ0v) is 33.7. The molecule has 302 valence electrons. The Labute approximate surface area is 354 Å². The normalized spacial score (nSPS) is 10.8. The molecule has 19 heteroatoms. The topological polar surface area (TPSA) is 282 Å². The first-order valence-corrected chi connectivity index (χ1v) is 20.3. The van der Waals surface area contributed by atoms with E-state index in [2.05, 4.69) is 49.8 Å². The summed E-state index contributed by atoms with van der Waals surface area (Å²) in [6, 6.07) is 24.1. The molecule has 10 rings (SSSR count). The number of nitrogens with zero attached hydrogens (tertiary/aromatic N) is 8. The molecule has 0 radical (unpaired) electrons. The molecule has 0 bridgehead atoms. The molecule has 0 fully saturated rings. The van der Waals surface area contributed by atoms with E-state index in [0.29, 0.717) is 56.3 Å². The van der Waals surface area contributed by atoms with Crippen LogP contribution >= 0.6 is 23.1 Å². The van der Waals surface area contributed by atoms with Crippen molar-refractivity contribution in [2.75, 3.05) is 29.2 Å². The second-order valence-corrected chi connectivity index (χ2v) is 14.5. The molecule has 10 aromatic heterocycles. The zero-order chi connectivity index (χ0) is 42.3. The minimum atomic E-state index is -0.249. The van der Waals surface area contributed by atoms with Gasteiger partial charge in [-0.1, -0.05) is 17.8 Å². The summed E-state index contributed by atoms with van der Waals surface area (Å²) in [4.78, 5) is 52.0. The number of fused-ring (bicyclic) bond motifs is 1. The Morgan fingerprint density at radius 2 is 1.30 bits per heavy atom. The van der Waals surface area contributed by atoms with Crippen LogP contribution in [0.5, 0.6) is 0 Å². The van der Waals surface area contributed by atoms with Crippen molar-refractivity contribution in [1.82, 2.24) is 49.8 Å². The van der Waals surface area contributed by atoms with Gasteiger partial charge in [-0.25, -0.2) is 39.7 Å². The zero-order valence-electron chi connectivity index (χ0n) is 32.1. The number of furan rings is 2. The van der Waals surface area contributed by atoms with Gasteiger partial charge < -0.3 is 36.8 Å². The highest BCUT2D eigenvalue weighted by atomic mass is 32.2. The molecule has 10 heterocycles. The highest BCUT2D eigenvalue weighted by molar-refractivity contribution is 7.98. The summed E-state index contributed by atoms with van der Waals surface area (Å²) >= 11 is 3.09. The molecular weight excluding hydrogens is 813 g/mol. The number of imidazole rings is 1. The number of pyridine rings is 4. The van der Waals surface area contributed by atoms with E-state index < -0.39 is 0 Å². The van der Waals surface area contributed by atoms with Crippen molar-refractivity contribution < 1.29 is 8.83 Å². The summed E-state index contributed by atoms with van der Waals surface area (Å²) in [6.07, 6.45) is 13.4. The molecule has 61 heavy (non-hydrogen) atoms. The number of H-pyrrole nitrogens is 2. The van der Waals surface area contributed by atoms with E-state index in [4.69, 9.17) is 31.8 Å². The van der Waals surface area contributed by atoms with Crippen molar-refractivity contribution in [3.8, 4) is 67.1 Å². The molecule has 0 aliphatic rings. The quantitative estimate of drug-likeness (QED) is 0.0662. The number of nitrogens with one attached hydrogen (secondary N) is 2. The number of aromatic amines is 2. The molecule has 0 atom stereocenters. The van der Waals surface area contributed by atoms with E-state index in [0.717, 1.165) is 38.5 Å². The Kier molecular flexibility index (Phi) is 11.6. The maximum atomic E-state index is 11.5. The van der Waals surface area contributed by atoms with Gasteiger partial charge >= 0.3 is 5.69 Å². The van der Waals surface area contributed by atoms with E-state index in [1.807, 2.05) is 54.1 Å². The van der Waals surface area contributed by atoms with Crippen LogP contribution in [0.1, 0.15) is 0 Å². The summed E-state index contributed by atoms with van der Waals surface area (Å²) in [6.45, 7) is 0. The van der Waals surface area contributed by atoms with Crippen molar-refractivity contribution >= 4 is 57.3 Å². The number of anilines is 4. The van der Waals surface area contributed by atoms with E-state index in [9.17, 15) is 4.79 Å². The molecule has 17 nitrogen and oxygen atoms in total. The lowest BCUT2D eigenvalue weighted by atomic mass is 10.0. The molecule has 0 aliphatic carbocycles. The Bertz CT molecular complexity index is 3090. The average molecular weight is 847 g/mol. The van der Waals surface area contributed by atoms with E-state index in [1.54, 1.807) is 85.0 Å². The largest absolute Gasteiger partial charge is 0.463 e. The van der Waals surface area contributed by atoms with Crippen molar-refractivity contribution in [2.45, 2.75) is 5.16 Å². The van der Waals surface area contributed by atoms with Gasteiger partial charge in [-0.3, -0.25) is 9.97 Å². The van der Waals surface area contributed by atoms with Gasteiger partial charge in [0.05, 0.1) is 51.4 Å². The molecule has 0 unspecified atom stereocenters. The summed E-state index contributed by atoms with van der Waals surface area (Å²) in [5.41, 5.74) is 32.1. The van der Waals surface area contributed by atoms with Gasteiger partial charge in [-0.2, -0.15) is 0 Å². The molecule has 10 N–H and O–H groups in total. The highest BCUT2D eigenvalue weighted by Gasteiger charge is 2.18. The maximum absolute atomic E-state index is 11.5. The lowest BCUT2D eigenvalue weighted by Crippen LogP contribution is -2.02. The Morgan fingerprint density at radius 1 is 0.639 bits per heavy atom. The summed E-state index contributed by atoms with van der Waals surface area (Å²) in [5, 5.41) is 2.69. The number of aromatic nitrogens is 10. The van der Waals surface area contributed by atoms with E-state index >= 15 is 0 Å². The standard InChI is InChI=1S/C15H10N4OS.C14H13N5OS.C13H11N5O/c20-15-17-11-8-10(9-3-5-16-6-4-9)13(18-14(11)19-15)12-2-1-7-21-12;1-21-14-17-5-4-10(18-14)8-7-9(15)13(16)19-12(8)11-3-2-6-20-11;14-9-6-8(10-3-4-16-7-17-10)12(18-13(9)15)11-2-1-5-19-11/h1-8H,(H2,17,18,19,20);2-7H,15H2,1H3,(H2,16,19);1-7H,14H2,(H2,15,18). The molecular formula is C42H34N14O3S2. The van der Waals surface area contributed by atoms with Crippen molar-refractivity contribution in [3.05, 3.63) is 138 Å². The highest BCUT2D eigenvalue weighted by Crippen LogP contribution is 2.36. The molecule has 0 amide bonds. The van der Waals surface area contributed by atoms with Crippen molar-refractivity contribution in [2.24, 2.45) is 0 Å². The summed E-state index contributed by atoms with van der Waals surface area (Å²) < 4.78 is 10.8. The van der Waals surface area contributed by atoms with Crippen LogP contribution in [0.25, 0.3) is 78.3 Å². The minimum Gasteiger partial charge on any atom is -0.463 e. The third-order valence-electron chi connectivity index (χ3n) is 8.87. The minimum absolute atomic E-state index is 0.249. The second-order valence-electron chi connectivity index (χ2n) is 12.8. The lowest BCUT2D eigenvalue weighted by molar-refractivity contribution is 0.580. The first-order valence-electron chi connectivity index (χ1n) is 18.2. The van der Waals surface area contributed by atoms with Crippen LogP contribution in [0, 0.1) is 0 Å². The van der Waals surface area contributed by atoms with Gasteiger partial charge in [-0.05, 0) is 90.0 Å². The molecule has 0 spiro atoms. The van der Waals surface area contributed by atoms with Crippen LogP contribution in [0.15, 0.2) is 147 Å². The molecule has 0 aliphatic heterocycles. The van der Waals surface area contributed by atoms with Crippen LogP contribution in [-0.2, 0) is 0 Å². The molecule has 0 saturated heterocycles. The fourth-order valence-corrected chi connectivity index (χ4v) is 7.12. The average Bonchev–Trinajstić information content (AvgIpc) is 4.15. The second kappa shape index (κ2) is 17.8. The number of rotatable bonds is 7. The predicted molar refractivity (Wildman–Crippen MR) is 239 cm³/mol. The predicted octanol–water partition coefficient (Wildman–Crippen LogP) is 7.69. The smallest absolute Gasteiger partial charge is 0.325 e. The van der Waals surface area contributed by atoms with Crippen LogP contribution in [0.4, 0.5) is 23.0 Å². The number of thiophene rings is 1. The van der Waals surface area contributed by atoms with Crippen LogP contribution < -0.4 is 28.6 Å². The fourth-order valence-electron chi connectivity index (χ4n) is 6.04. The van der Waals surface area contributed by atoms with E-state index in [1.165, 1.54) is 18.1 Å². The number of hydrogen-bond acceptors (Lipinski definition) is 17. The molecule has 0 aromatic carbocycles. The number of thioether (sulfide) groups is 1. The van der Waals surface area contributed by atoms with Crippen LogP contribution in [0.3, 0.4) is 0 Å². The fraction of sp³-hybridized carbons (Fsp3) is 0.0238. The van der Waals surface area contributed by atoms with Gasteiger partial charge in [0.25, 0.3) is 0 Å². The first-order chi connectivity index (χ1) is 29.7. The van der Waals surface area contributed by atoms with Gasteiger partial charge in [0.15, 0.2) is 22.3 Å².